The molecule has 0 spiro atoms. The zero-order valence-corrected chi connectivity index (χ0v) is 16.1. The van der Waals surface area contributed by atoms with Crippen LogP contribution in [0.2, 0.25) is 0 Å². The predicted molar refractivity (Wildman–Crippen MR) is 98.3 cm³/mol. The predicted octanol–water partition coefficient (Wildman–Crippen LogP) is 1.96. The van der Waals surface area contributed by atoms with Crippen molar-refractivity contribution in [1.82, 2.24) is 22.9 Å². The quantitative estimate of drug-likeness (QED) is 0.672. The summed E-state index contributed by atoms with van der Waals surface area (Å²) in [4.78, 5) is 6.97. The molecule has 2 aromatic heterocycles. The van der Waals surface area contributed by atoms with Crippen molar-refractivity contribution in [3.8, 4) is 0 Å². The SMILES string of the molecule is Cc1nc(CN2CCN(S(=O)(=O)c3cccc4nsnc34)CC2)cs1. The highest BCUT2D eigenvalue weighted by molar-refractivity contribution is 7.89. The molecule has 0 N–H and O–H groups in total. The minimum Gasteiger partial charge on any atom is -0.295 e. The molecule has 1 aromatic carbocycles. The Morgan fingerprint density at radius 3 is 2.68 bits per heavy atom. The molecule has 0 radical (unpaired) electrons. The molecule has 4 rings (SSSR count). The molecule has 0 atom stereocenters. The Morgan fingerprint density at radius 2 is 1.96 bits per heavy atom. The monoisotopic (exact) mass is 395 g/mol. The topological polar surface area (TPSA) is 79.3 Å². The van der Waals surface area contributed by atoms with E-state index in [0.717, 1.165) is 29.0 Å². The van der Waals surface area contributed by atoms with E-state index in [9.17, 15) is 8.42 Å². The van der Waals surface area contributed by atoms with Crippen LogP contribution in [0.15, 0.2) is 28.5 Å². The average Bonchev–Trinajstić information content (AvgIpc) is 3.23. The number of aryl methyl sites for hydroxylation is 1. The summed E-state index contributed by atoms with van der Waals surface area (Å²) in [5.74, 6) is 0. The van der Waals surface area contributed by atoms with Gasteiger partial charge in [-0.1, -0.05) is 6.07 Å². The lowest BCUT2D eigenvalue weighted by molar-refractivity contribution is 0.180. The number of nitrogens with zero attached hydrogens (tertiary/aromatic N) is 5. The van der Waals surface area contributed by atoms with E-state index in [1.807, 2.05) is 6.92 Å². The van der Waals surface area contributed by atoms with Crippen molar-refractivity contribution in [1.29, 1.82) is 0 Å². The average molecular weight is 396 g/mol. The van der Waals surface area contributed by atoms with Gasteiger partial charge < -0.3 is 0 Å². The van der Waals surface area contributed by atoms with Crippen molar-refractivity contribution >= 4 is 44.1 Å². The minimum atomic E-state index is -3.55. The van der Waals surface area contributed by atoms with Gasteiger partial charge in [0.25, 0.3) is 0 Å². The Labute approximate surface area is 154 Å². The zero-order valence-electron chi connectivity index (χ0n) is 13.6. The van der Waals surface area contributed by atoms with Gasteiger partial charge in [-0.2, -0.15) is 13.1 Å². The van der Waals surface area contributed by atoms with Crippen LogP contribution in [0.5, 0.6) is 0 Å². The van der Waals surface area contributed by atoms with Gasteiger partial charge in [0.05, 0.1) is 22.4 Å². The first kappa shape index (κ1) is 17.0. The number of hydrogen-bond acceptors (Lipinski definition) is 8. The van der Waals surface area contributed by atoms with Gasteiger partial charge in [0, 0.05) is 38.1 Å². The molecule has 132 valence electrons. The van der Waals surface area contributed by atoms with E-state index in [2.05, 4.69) is 24.0 Å². The maximum Gasteiger partial charge on any atom is 0.245 e. The van der Waals surface area contributed by atoms with E-state index in [4.69, 9.17) is 0 Å². The van der Waals surface area contributed by atoms with Gasteiger partial charge in [0.1, 0.15) is 15.9 Å². The first-order valence-electron chi connectivity index (χ1n) is 7.89. The fraction of sp³-hybridized carbons (Fsp3) is 0.400. The lowest BCUT2D eigenvalue weighted by atomic mass is 10.3. The van der Waals surface area contributed by atoms with Crippen molar-refractivity contribution in [2.45, 2.75) is 18.4 Å². The summed E-state index contributed by atoms with van der Waals surface area (Å²) in [6.07, 6.45) is 0. The van der Waals surface area contributed by atoms with Gasteiger partial charge in [-0.15, -0.1) is 11.3 Å². The fourth-order valence-corrected chi connectivity index (χ4v) is 5.75. The minimum absolute atomic E-state index is 0.252. The number of fused-ring (bicyclic) bond motifs is 1. The summed E-state index contributed by atoms with van der Waals surface area (Å²) in [6, 6.07) is 5.12. The van der Waals surface area contributed by atoms with Crippen LogP contribution in [0.4, 0.5) is 0 Å². The highest BCUT2D eigenvalue weighted by Gasteiger charge is 2.30. The molecular formula is C15H17N5O2S3. The van der Waals surface area contributed by atoms with E-state index in [0.29, 0.717) is 37.2 Å². The third-order valence-electron chi connectivity index (χ3n) is 4.25. The number of piperazine rings is 1. The molecule has 7 nitrogen and oxygen atoms in total. The lowest BCUT2D eigenvalue weighted by Gasteiger charge is -2.33. The fourth-order valence-electron chi connectivity index (χ4n) is 2.97. The molecule has 10 heteroatoms. The number of rotatable bonds is 4. The molecule has 0 amide bonds. The van der Waals surface area contributed by atoms with Gasteiger partial charge in [-0.25, -0.2) is 13.4 Å². The second kappa shape index (κ2) is 6.69. The number of hydrogen-bond donors (Lipinski definition) is 0. The van der Waals surface area contributed by atoms with Crippen LogP contribution in [0.3, 0.4) is 0 Å². The van der Waals surface area contributed by atoms with Crippen LogP contribution in [-0.4, -0.2) is 57.5 Å². The Bertz CT molecular complexity index is 989. The van der Waals surface area contributed by atoms with Gasteiger partial charge in [0.2, 0.25) is 10.0 Å². The van der Waals surface area contributed by atoms with E-state index in [1.54, 1.807) is 33.8 Å². The summed E-state index contributed by atoms with van der Waals surface area (Å²) in [7, 11) is -3.55. The number of thiazole rings is 1. The van der Waals surface area contributed by atoms with Crippen LogP contribution >= 0.6 is 23.1 Å². The normalized spacial score (nSPS) is 17.3. The zero-order chi connectivity index (χ0) is 17.4. The second-order valence-electron chi connectivity index (χ2n) is 5.93. The molecule has 3 aromatic rings. The molecule has 0 unspecified atom stereocenters. The summed E-state index contributed by atoms with van der Waals surface area (Å²) < 4.78 is 35.8. The molecule has 1 saturated heterocycles. The molecule has 1 fully saturated rings. The van der Waals surface area contributed by atoms with Crippen molar-refractivity contribution in [3.05, 3.63) is 34.3 Å². The van der Waals surface area contributed by atoms with Crippen LogP contribution in [0.1, 0.15) is 10.7 Å². The molecule has 1 aliphatic rings. The van der Waals surface area contributed by atoms with Crippen LogP contribution in [0, 0.1) is 6.92 Å². The third-order valence-corrected chi connectivity index (χ3v) is 7.55. The largest absolute Gasteiger partial charge is 0.295 e. The van der Waals surface area contributed by atoms with E-state index in [1.165, 1.54) is 0 Å². The smallest absolute Gasteiger partial charge is 0.245 e. The second-order valence-corrected chi connectivity index (χ2v) is 9.42. The molecular weight excluding hydrogens is 378 g/mol. The van der Waals surface area contributed by atoms with Crippen LogP contribution in [0.25, 0.3) is 11.0 Å². The Balaban J connectivity index is 1.49. The van der Waals surface area contributed by atoms with Crippen molar-refractivity contribution < 1.29 is 8.42 Å². The Morgan fingerprint density at radius 1 is 1.16 bits per heavy atom. The summed E-state index contributed by atoms with van der Waals surface area (Å²) in [5, 5.41) is 3.12. The third kappa shape index (κ3) is 3.32. The maximum absolute atomic E-state index is 13.0. The summed E-state index contributed by atoms with van der Waals surface area (Å²) in [6.45, 7) is 5.09. The highest BCUT2D eigenvalue weighted by Crippen LogP contribution is 2.25. The van der Waals surface area contributed by atoms with Crippen LogP contribution in [-0.2, 0) is 16.6 Å². The highest BCUT2D eigenvalue weighted by atomic mass is 32.2. The van der Waals surface area contributed by atoms with Gasteiger partial charge >= 0.3 is 0 Å². The number of aromatic nitrogens is 3. The van der Waals surface area contributed by atoms with E-state index in [-0.39, 0.29) is 4.90 Å². The first-order chi connectivity index (χ1) is 12.0. The van der Waals surface area contributed by atoms with Gasteiger partial charge in [0.15, 0.2) is 0 Å². The standard InChI is InChI=1S/C15H17N5O2S3/c1-11-16-12(10-23-11)9-19-5-7-20(8-6-19)25(21,22)14-4-2-3-13-15(14)18-24-17-13/h2-4,10H,5-9H2,1H3. The van der Waals surface area contributed by atoms with Gasteiger partial charge in [-0.05, 0) is 19.1 Å². The number of sulfonamides is 1. The van der Waals surface area contributed by atoms with E-state index >= 15 is 0 Å². The Hall–Kier alpha value is -1.46. The summed E-state index contributed by atoms with van der Waals surface area (Å²) >= 11 is 2.68. The summed E-state index contributed by atoms with van der Waals surface area (Å²) in [5.41, 5.74) is 2.15. The first-order valence-corrected chi connectivity index (χ1v) is 10.9. The molecule has 0 bridgehead atoms. The molecule has 3 heterocycles. The molecule has 0 aliphatic carbocycles. The molecule has 1 aliphatic heterocycles. The number of benzene rings is 1. The lowest BCUT2D eigenvalue weighted by Crippen LogP contribution is -2.48. The molecule has 25 heavy (non-hydrogen) atoms. The van der Waals surface area contributed by atoms with Crippen molar-refractivity contribution in [3.63, 3.8) is 0 Å². The van der Waals surface area contributed by atoms with Crippen molar-refractivity contribution in [2.75, 3.05) is 26.2 Å². The van der Waals surface area contributed by atoms with Crippen molar-refractivity contribution in [2.24, 2.45) is 0 Å². The van der Waals surface area contributed by atoms with E-state index < -0.39 is 10.0 Å². The molecule has 0 saturated carbocycles. The Kier molecular flexibility index (Phi) is 4.54. The maximum atomic E-state index is 13.0. The van der Waals surface area contributed by atoms with Gasteiger partial charge in [-0.3, -0.25) is 4.90 Å². The van der Waals surface area contributed by atoms with Crippen LogP contribution < -0.4 is 0 Å².